The Hall–Kier alpha value is -3.41. The van der Waals surface area contributed by atoms with Gasteiger partial charge in [-0.2, -0.15) is 0 Å². The molecule has 0 spiro atoms. The molecule has 0 saturated heterocycles. The first-order valence-corrected chi connectivity index (χ1v) is 23.1. The third kappa shape index (κ3) is 43.6. The van der Waals surface area contributed by atoms with Gasteiger partial charge in [0.2, 0.25) is 0 Å². The minimum atomic E-state index is -0.813. The summed E-state index contributed by atoms with van der Waals surface area (Å²) in [5.74, 6) is -1.02. The van der Waals surface area contributed by atoms with Crippen LogP contribution in [-0.4, -0.2) is 37.2 Å². The summed E-state index contributed by atoms with van der Waals surface area (Å²) in [5.41, 5.74) is 0. The molecule has 0 saturated carbocycles. The molecule has 0 fully saturated rings. The Morgan fingerprint density at radius 3 is 1.26 bits per heavy atom. The second kappa shape index (κ2) is 45.3. The van der Waals surface area contributed by atoms with Gasteiger partial charge in [0, 0.05) is 19.3 Å². The number of hydrogen-bond donors (Lipinski definition) is 0. The molecule has 0 aliphatic carbocycles. The highest BCUT2D eigenvalue weighted by Crippen LogP contribution is 2.12. The fraction of sp³-hybridized carbons (Fsp3) is 0.667. The lowest BCUT2D eigenvalue weighted by atomic mass is 10.1. The van der Waals surface area contributed by atoms with Crippen LogP contribution in [0.5, 0.6) is 0 Å². The third-order valence-corrected chi connectivity index (χ3v) is 9.39. The zero-order chi connectivity index (χ0) is 41.5. The van der Waals surface area contributed by atoms with Gasteiger partial charge in [-0.3, -0.25) is 14.4 Å². The molecule has 0 aliphatic heterocycles. The van der Waals surface area contributed by atoms with Gasteiger partial charge in [-0.25, -0.2) is 0 Å². The van der Waals surface area contributed by atoms with Gasteiger partial charge in [-0.15, -0.1) is 0 Å². The number of hydrogen-bond acceptors (Lipinski definition) is 6. The predicted molar refractivity (Wildman–Crippen MR) is 242 cm³/mol. The normalized spacial score (nSPS) is 12.8. The van der Waals surface area contributed by atoms with Gasteiger partial charge in [0.25, 0.3) is 0 Å². The molecule has 6 nitrogen and oxygen atoms in total. The third-order valence-electron chi connectivity index (χ3n) is 9.39. The Labute approximate surface area is 350 Å². The van der Waals surface area contributed by atoms with Crippen molar-refractivity contribution in [3.8, 4) is 0 Å². The molecule has 0 amide bonds. The van der Waals surface area contributed by atoms with E-state index >= 15 is 0 Å². The summed E-state index contributed by atoms with van der Waals surface area (Å²) >= 11 is 0. The monoisotopic (exact) mass is 793 g/mol. The standard InChI is InChI=1S/C51H84O6/c1-4-7-10-13-16-19-22-24-25-26-27-30-32-35-38-41-44-50(53)56-47-48(46-55-49(52)43-40-37-34-31-28-21-18-15-12-9-6-3)57-51(54)45-42-39-36-33-29-23-20-17-14-11-8-5-2/h8-9,11-12,17-18,20-21,25-27,30-31,34,48H,4-7,10,13-16,19,22-24,28-29,32-33,35-47H2,1-3H3/b11-8-,12-9-,20-17-,21-18-,26-25-,30-27-,34-31-. The van der Waals surface area contributed by atoms with Gasteiger partial charge in [-0.1, -0.05) is 170 Å². The quantitative estimate of drug-likeness (QED) is 0.0202. The Morgan fingerprint density at radius 2 is 0.754 bits per heavy atom. The Morgan fingerprint density at radius 1 is 0.386 bits per heavy atom. The maximum Gasteiger partial charge on any atom is 0.306 e. The van der Waals surface area contributed by atoms with Crippen molar-refractivity contribution in [1.29, 1.82) is 0 Å². The van der Waals surface area contributed by atoms with E-state index in [-0.39, 0.29) is 37.5 Å². The van der Waals surface area contributed by atoms with Gasteiger partial charge in [0.05, 0.1) is 0 Å². The average molecular weight is 793 g/mol. The van der Waals surface area contributed by atoms with Crippen molar-refractivity contribution < 1.29 is 28.6 Å². The molecule has 1 unspecified atom stereocenters. The number of esters is 3. The highest BCUT2D eigenvalue weighted by molar-refractivity contribution is 5.71. The van der Waals surface area contributed by atoms with Gasteiger partial charge in [0.15, 0.2) is 6.10 Å². The molecule has 0 heterocycles. The van der Waals surface area contributed by atoms with E-state index in [1.807, 2.05) is 0 Å². The number of allylic oxidation sites excluding steroid dienone is 14. The van der Waals surface area contributed by atoms with Crippen LogP contribution in [-0.2, 0) is 28.6 Å². The van der Waals surface area contributed by atoms with Crippen LogP contribution < -0.4 is 0 Å². The lowest BCUT2D eigenvalue weighted by molar-refractivity contribution is -0.167. The summed E-state index contributed by atoms with van der Waals surface area (Å²) < 4.78 is 16.6. The highest BCUT2D eigenvalue weighted by Gasteiger charge is 2.19. The summed E-state index contributed by atoms with van der Waals surface area (Å²) in [6.45, 7) is 6.30. The smallest absolute Gasteiger partial charge is 0.306 e. The van der Waals surface area contributed by atoms with E-state index in [0.29, 0.717) is 19.3 Å². The van der Waals surface area contributed by atoms with E-state index in [1.165, 1.54) is 44.9 Å². The van der Waals surface area contributed by atoms with Crippen LogP contribution in [0.2, 0.25) is 0 Å². The van der Waals surface area contributed by atoms with Crippen LogP contribution in [0.25, 0.3) is 0 Å². The lowest BCUT2D eigenvalue weighted by Gasteiger charge is -2.18. The van der Waals surface area contributed by atoms with Crippen LogP contribution in [0.3, 0.4) is 0 Å². The SMILES string of the molecule is CC/C=C\C/C=C\C/C=C\CCCC(=O)OCC(COC(=O)CCCCC/C=C\C=C/CCCCCCCCC)OC(=O)CCCCCCC/C=C\C/C=C\CC. The molecule has 324 valence electrons. The molecule has 0 aromatic carbocycles. The molecule has 0 N–H and O–H groups in total. The van der Waals surface area contributed by atoms with Crippen molar-refractivity contribution in [1.82, 2.24) is 0 Å². The summed E-state index contributed by atoms with van der Waals surface area (Å²) in [6.07, 6.45) is 57.2. The maximum absolute atomic E-state index is 12.7. The van der Waals surface area contributed by atoms with Gasteiger partial charge in [-0.05, 0) is 96.3 Å². The zero-order valence-corrected chi connectivity index (χ0v) is 36.8. The number of carbonyl (C=O) groups excluding carboxylic acids is 3. The molecule has 0 bridgehead atoms. The molecular formula is C51H84O6. The van der Waals surface area contributed by atoms with Crippen LogP contribution in [0, 0.1) is 0 Å². The zero-order valence-electron chi connectivity index (χ0n) is 36.8. The number of ether oxygens (including phenoxy) is 3. The molecule has 6 heteroatoms. The van der Waals surface area contributed by atoms with Gasteiger partial charge < -0.3 is 14.2 Å². The second-order valence-corrected chi connectivity index (χ2v) is 14.9. The van der Waals surface area contributed by atoms with Crippen molar-refractivity contribution in [2.75, 3.05) is 13.2 Å². The van der Waals surface area contributed by atoms with Crippen molar-refractivity contribution in [2.45, 2.75) is 207 Å². The number of rotatable bonds is 40. The van der Waals surface area contributed by atoms with E-state index in [4.69, 9.17) is 14.2 Å². The minimum Gasteiger partial charge on any atom is -0.462 e. The predicted octanol–water partition coefficient (Wildman–Crippen LogP) is 14.9. The fourth-order valence-electron chi connectivity index (χ4n) is 5.96. The average Bonchev–Trinajstić information content (AvgIpc) is 3.21. The molecule has 0 radical (unpaired) electrons. The first-order chi connectivity index (χ1) is 28.0. The molecule has 0 aromatic rings. The topological polar surface area (TPSA) is 78.9 Å². The summed E-state index contributed by atoms with van der Waals surface area (Å²) in [5, 5.41) is 0. The van der Waals surface area contributed by atoms with Crippen molar-refractivity contribution in [3.63, 3.8) is 0 Å². The van der Waals surface area contributed by atoms with Crippen LogP contribution in [0.4, 0.5) is 0 Å². The Bertz CT molecular complexity index is 1140. The van der Waals surface area contributed by atoms with Crippen LogP contribution in [0.1, 0.15) is 201 Å². The lowest BCUT2D eigenvalue weighted by Crippen LogP contribution is -2.30. The largest absolute Gasteiger partial charge is 0.462 e. The van der Waals surface area contributed by atoms with E-state index < -0.39 is 6.10 Å². The molecule has 0 aromatic heterocycles. The van der Waals surface area contributed by atoms with Crippen molar-refractivity contribution >= 4 is 17.9 Å². The van der Waals surface area contributed by atoms with Crippen molar-refractivity contribution in [3.05, 3.63) is 85.1 Å². The fourth-order valence-corrected chi connectivity index (χ4v) is 5.96. The summed E-state index contributed by atoms with van der Waals surface area (Å²) in [7, 11) is 0. The summed E-state index contributed by atoms with van der Waals surface area (Å²) in [6, 6.07) is 0. The van der Waals surface area contributed by atoms with E-state index in [9.17, 15) is 14.4 Å². The first-order valence-electron chi connectivity index (χ1n) is 23.1. The van der Waals surface area contributed by atoms with E-state index in [1.54, 1.807) is 0 Å². The van der Waals surface area contributed by atoms with Crippen LogP contribution in [0.15, 0.2) is 85.1 Å². The minimum absolute atomic E-state index is 0.113. The number of carbonyl (C=O) groups is 3. The van der Waals surface area contributed by atoms with Crippen molar-refractivity contribution in [2.24, 2.45) is 0 Å². The molecule has 57 heavy (non-hydrogen) atoms. The molecular weight excluding hydrogens is 709 g/mol. The van der Waals surface area contributed by atoms with E-state index in [0.717, 1.165) is 109 Å². The number of unbranched alkanes of at least 4 members (excludes halogenated alkanes) is 16. The van der Waals surface area contributed by atoms with Gasteiger partial charge in [0.1, 0.15) is 13.2 Å². The molecule has 0 aliphatic rings. The molecule has 1 atom stereocenters. The van der Waals surface area contributed by atoms with Crippen LogP contribution >= 0.6 is 0 Å². The first kappa shape index (κ1) is 53.6. The Balaban J connectivity index is 4.49. The Kier molecular flexibility index (Phi) is 42.6. The highest BCUT2D eigenvalue weighted by atomic mass is 16.6. The molecule has 0 rings (SSSR count). The maximum atomic E-state index is 12.7. The van der Waals surface area contributed by atoms with Gasteiger partial charge >= 0.3 is 17.9 Å². The van der Waals surface area contributed by atoms with E-state index in [2.05, 4.69) is 106 Å². The second-order valence-electron chi connectivity index (χ2n) is 14.9. The summed E-state index contributed by atoms with van der Waals surface area (Å²) in [4.78, 5) is 37.7.